The SMILES string of the molecule is O=C1NCCN[C@@H]1Cc1ccccc1F. The van der Waals surface area contributed by atoms with Crippen molar-refractivity contribution in [2.24, 2.45) is 0 Å². The van der Waals surface area contributed by atoms with Crippen molar-refractivity contribution < 1.29 is 9.18 Å². The maximum atomic E-state index is 13.3. The number of piperazine rings is 1. The molecule has 1 amide bonds. The minimum atomic E-state index is -0.310. The summed E-state index contributed by atoms with van der Waals surface area (Å²) in [4.78, 5) is 11.4. The van der Waals surface area contributed by atoms with Crippen molar-refractivity contribution in [3.05, 3.63) is 35.6 Å². The van der Waals surface area contributed by atoms with Crippen LogP contribution in [0.2, 0.25) is 0 Å². The van der Waals surface area contributed by atoms with Crippen molar-refractivity contribution in [2.75, 3.05) is 13.1 Å². The molecule has 1 saturated heterocycles. The zero-order valence-electron chi connectivity index (χ0n) is 8.29. The van der Waals surface area contributed by atoms with Crippen LogP contribution in [-0.2, 0) is 11.2 Å². The molecular formula is C11H13FN2O. The number of hydrogen-bond acceptors (Lipinski definition) is 2. The quantitative estimate of drug-likeness (QED) is 0.741. The average molecular weight is 208 g/mol. The van der Waals surface area contributed by atoms with Crippen LogP contribution < -0.4 is 10.6 Å². The molecule has 1 atom stereocenters. The van der Waals surface area contributed by atoms with Crippen LogP contribution in [-0.4, -0.2) is 25.0 Å². The van der Waals surface area contributed by atoms with E-state index < -0.39 is 0 Å². The third kappa shape index (κ3) is 2.33. The lowest BCUT2D eigenvalue weighted by Crippen LogP contribution is -2.53. The summed E-state index contributed by atoms with van der Waals surface area (Å²) in [6, 6.07) is 6.23. The molecule has 0 spiro atoms. The van der Waals surface area contributed by atoms with Gasteiger partial charge in [0.1, 0.15) is 5.82 Å². The number of rotatable bonds is 2. The predicted octanol–water partition coefficient (Wildman–Crippen LogP) is 0.456. The molecule has 1 heterocycles. The summed E-state index contributed by atoms with van der Waals surface area (Å²) in [7, 11) is 0. The molecule has 0 saturated carbocycles. The molecule has 80 valence electrons. The lowest BCUT2D eigenvalue weighted by molar-refractivity contribution is -0.124. The molecule has 0 unspecified atom stereocenters. The topological polar surface area (TPSA) is 41.1 Å². The Bertz CT molecular complexity index is 367. The molecule has 3 nitrogen and oxygen atoms in total. The highest BCUT2D eigenvalue weighted by atomic mass is 19.1. The summed E-state index contributed by atoms with van der Waals surface area (Å²) in [5, 5.41) is 5.81. The van der Waals surface area contributed by atoms with Gasteiger partial charge in [-0.1, -0.05) is 18.2 Å². The highest BCUT2D eigenvalue weighted by Crippen LogP contribution is 2.09. The van der Waals surface area contributed by atoms with Crippen LogP contribution >= 0.6 is 0 Å². The van der Waals surface area contributed by atoms with Crippen LogP contribution in [0, 0.1) is 5.82 Å². The fourth-order valence-electron chi connectivity index (χ4n) is 1.70. The first-order valence-electron chi connectivity index (χ1n) is 5.02. The third-order valence-electron chi connectivity index (χ3n) is 2.51. The van der Waals surface area contributed by atoms with Crippen molar-refractivity contribution >= 4 is 5.91 Å². The Hall–Kier alpha value is -1.42. The second kappa shape index (κ2) is 4.40. The Morgan fingerprint density at radius 1 is 1.33 bits per heavy atom. The summed E-state index contributed by atoms with van der Waals surface area (Å²) >= 11 is 0. The lowest BCUT2D eigenvalue weighted by Gasteiger charge is -2.23. The normalized spacial score (nSPS) is 21.1. The summed E-state index contributed by atoms with van der Waals surface area (Å²) in [5.74, 6) is -0.304. The molecule has 2 N–H and O–H groups in total. The van der Waals surface area contributed by atoms with Gasteiger partial charge < -0.3 is 10.6 Å². The van der Waals surface area contributed by atoms with Gasteiger partial charge in [-0.15, -0.1) is 0 Å². The van der Waals surface area contributed by atoms with E-state index in [1.54, 1.807) is 18.2 Å². The van der Waals surface area contributed by atoms with E-state index in [1.807, 2.05) is 0 Å². The number of carbonyl (C=O) groups is 1. The van der Waals surface area contributed by atoms with E-state index in [0.717, 1.165) is 6.54 Å². The minimum absolute atomic E-state index is 0.0514. The number of amides is 1. The minimum Gasteiger partial charge on any atom is -0.353 e. The lowest BCUT2D eigenvalue weighted by atomic mass is 10.0. The van der Waals surface area contributed by atoms with E-state index in [9.17, 15) is 9.18 Å². The number of hydrogen-bond donors (Lipinski definition) is 2. The molecular weight excluding hydrogens is 195 g/mol. The molecule has 0 radical (unpaired) electrons. The highest BCUT2D eigenvalue weighted by molar-refractivity contribution is 5.82. The number of benzene rings is 1. The molecule has 2 rings (SSSR count). The van der Waals surface area contributed by atoms with E-state index >= 15 is 0 Å². The largest absolute Gasteiger partial charge is 0.353 e. The Balaban J connectivity index is 2.08. The fraction of sp³-hybridized carbons (Fsp3) is 0.364. The van der Waals surface area contributed by atoms with E-state index in [4.69, 9.17) is 0 Å². The Kier molecular flexibility index (Phi) is 2.97. The van der Waals surface area contributed by atoms with Crippen LogP contribution in [0.1, 0.15) is 5.56 Å². The van der Waals surface area contributed by atoms with Gasteiger partial charge in [0.15, 0.2) is 0 Å². The number of nitrogens with one attached hydrogen (secondary N) is 2. The first-order chi connectivity index (χ1) is 7.27. The molecule has 0 bridgehead atoms. The van der Waals surface area contributed by atoms with Gasteiger partial charge in [0.2, 0.25) is 5.91 Å². The molecule has 4 heteroatoms. The molecule has 1 aliphatic heterocycles. The van der Waals surface area contributed by atoms with Gasteiger partial charge in [-0.25, -0.2) is 4.39 Å². The third-order valence-corrected chi connectivity index (χ3v) is 2.51. The van der Waals surface area contributed by atoms with Gasteiger partial charge in [0.05, 0.1) is 6.04 Å². The summed E-state index contributed by atoms with van der Waals surface area (Å²) in [6.45, 7) is 1.39. The zero-order valence-corrected chi connectivity index (χ0v) is 8.29. The summed E-state index contributed by atoms with van der Waals surface area (Å²) in [5.41, 5.74) is 0.576. The number of carbonyl (C=O) groups excluding carboxylic acids is 1. The number of halogens is 1. The van der Waals surface area contributed by atoms with Crippen LogP contribution in [0.25, 0.3) is 0 Å². The van der Waals surface area contributed by atoms with Crippen molar-refractivity contribution in [2.45, 2.75) is 12.5 Å². The molecule has 15 heavy (non-hydrogen) atoms. The van der Waals surface area contributed by atoms with Crippen LogP contribution in [0.3, 0.4) is 0 Å². The highest BCUT2D eigenvalue weighted by Gasteiger charge is 2.22. The zero-order chi connectivity index (χ0) is 10.7. The van der Waals surface area contributed by atoms with Gasteiger partial charge in [-0.05, 0) is 18.1 Å². The average Bonchev–Trinajstić information content (AvgIpc) is 2.24. The van der Waals surface area contributed by atoms with Gasteiger partial charge >= 0.3 is 0 Å². The first kappa shape index (κ1) is 10.1. The summed E-state index contributed by atoms with van der Waals surface area (Å²) in [6.07, 6.45) is 0.401. The summed E-state index contributed by atoms with van der Waals surface area (Å²) < 4.78 is 13.3. The van der Waals surface area contributed by atoms with Gasteiger partial charge in [0, 0.05) is 13.1 Å². The predicted molar refractivity (Wildman–Crippen MR) is 54.9 cm³/mol. The smallest absolute Gasteiger partial charge is 0.237 e. The molecule has 0 aliphatic carbocycles. The van der Waals surface area contributed by atoms with Crippen LogP contribution in [0.5, 0.6) is 0 Å². The Labute approximate surface area is 87.7 Å². The monoisotopic (exact) mass is 208 g/mol. The molecule has 0 aromatic heterocycles. The van der Waals surface area contributed by atoms with Crippen molar-refractivity contribution in [1.82, 2.24) is 10.6 Å². The first-order valence-corrected chi connectivity index (χ1v) is 5.02. The molecule has 1 fully saturated rings. The van der Waals surface area contributed by atoms with E-state index in [0.29, 0.717) is 18.5 Å². The van der Waals surface area contributed by atoms with Crippen molar-refractivity contribution in [3.8, 4) is 0 Å². The van der Waals surface area contributed by atoms with Crippen LogP contribution in [0.4, 0.5) is 4.39 Å². The Morgan fingerprint density at radius 2 is 2.13 bits per heavy atom. The standard InChI is InChI=1S/C11H13FN2O/c12-9-4-2-1-3-8(9)7-10-11(15)14-6-5-13-10/h1-4,10,13H,5-7H2,(H,14,15)/t10-/m1/s1. The van der Waals surface area contributed by atoms with E-state index in [-0.39, 0.29) is 17.8 Å². The maximum Gasteiger partial charge on any atom is 0.237 e. The van der Waals surface area contributed by atoms with Gasteiger partial charge in [-0.2, -0.15) is 0 Å². The van der Waals surface area contributed by atoms with Crippen molar-refractivity contribution in [3.63, 3.8) is 0 Å². The molecule has 1 aromatic rings. The molecule has 1 aliphatic rings. The van der Waals surface area contributed by atoms with E-state index in [1.165, 1.54) is 6.07 Å². The molecule has 1 aromatic carbocycles. The van der Waals surface area contributed by atoms with Crippen LogP contribution in [0.15, 0.2) is 24.3 Å². The van der Waals surface area contributed by atoms with Crippen molar-refractivity contribution in [1.29, 1.82) is 0 Å². The van der Waals surface area contributed by atoms with E-state index in [2.05, 4.69) is 10.6 Å². The Morgan fingerprint density at radius 3 is 2.87 bits per heavy atom. The van der Waals surface area contributed by atoms with Gasteiger partial charge in [-0.3, -0.25) is 4.79 Å². The second-order valence-electron chi connectivity index (χ2n) is 3.59. The fourth-order valence-corrected chi connectivity index (χ4v) is 1.70. The second-order valence-corrected chi connectivity index (χ2v) is 3.59. The maximum absolute atomic E-state index is 13.3. The van der Waals surface area contributed by atoms with Gasteiger partial charge in [0.25, 0.3) is 0 Å².